The second-order valence-corrected chi connectivity index (χ2v) is 6.01. The van der Waals surface area contributed by atoms with E-state index in [2.05, 4.69) is 43.1 Å². The number of esters is 1. The molecule has 1 N–H and O–H groups in total. The maximum Gasteiger partial charge on any atom is 0.327 e. The smallest absolute Gasteiger partial charge is 0.327 e. The first-order chi connectivity index (χ1) is 8.75. The average molecular weight is 273 g/mol. The van der Waals surface area contributed by atoms with Crippen LogP contribution < -0.4 is 5.32 Å². The van der Waals surface area contributed by atoms with Crippen LogP contribution in [0.2, 0.25) is 0 Å². The van der Waals surface area contributed by atoms with Gasteiger partial charge in [0.2, 0.25) is 0 Å². The SMILES string of the molecule is CNC(C)(CN(CCN(C)C)CC(C)C)C(=O)OC. The molecule has 1 atom stereocenters. The van der Waals surface area contributed by atoms with E-state index in [1.807, 2.05) is 6.92 Å². The minimum absolute atomic E-state index is 0.214. The highest BCUT2D eigenvalue weighted by Gasteiger charge is 2.34. The summed E-state index contributed by atoms with van der Waals surface area (Å²) in [5.74, 6) is 0.356. The van der Waals surface area contributed by atoms with Crippen LogP contribution in [0, 0.1) is 5.92 Å². The topological polar surface area (TPSA) is 44.8 Å². The van der Waals surface area contributed by atoms with E-state index in [1.165, 1.54) is 7.11 Å². The lowest BCUT2D eigenvalue weighted by Crippen LogP contribution is -2.57. The lowest BCUT2D eigenvalue weighted by atomic mass is 10.0. The van der Waals surface area contributed by atoms with Crippen LogP contribution in [0.15, 0.2) is 0 Å². The van der Waals surface area contributed by atoms with Crippen molar-refractivity contribution in [2.45, 2.75) is 26.3 Å². The molecule has 114 valence electrons. The summed E-state index contributed by atoms with van der Waals surface area (Å²) in [6.45, 7) is 9.83. The fourth-order valence-electron chi connectivity index (χ4n) is 2.01. The molecule has 0 heterocycles. The van der Waals surface area contributed by atoms with Crippen molar-refractivity contribution in [1.82, 2.24) is 15.1 Å². The maximum absolute atomic E-state index is 11.9. The zero-order valence-electron chi connectivity index (χ0n) is 13.6. The van der Waals surface area contributed by atoms with E-state index in [0.717, 1.165) is 19.6 Å². The highest BCUT2D eigenvalue weighted by molar-refractivity contribution is 5.80. The predicted molar refractivity (Wildman–Crippen MR) is 79.3 cm³/mol. The first-order valence-corrected chi connectivity index (χ1v) is 6.89. The van der Waals surface area contributed by atoms with Gasteiger partial charge in [0.15, 0.2) is 0 Å². The first kappa shape index (κ1) is 18.4. The van der Waals surface area contributed by atoms with E-state index in [9.17, 15) is 4.79 Å². The number of rotatable bonds is 9. The summed E-state index contributed by atoms with van der Waals surface area (Å²) in [4.78, 5) is 16.4. The summed E-state index contributed by atoms with van der Waals surface area (Å²) in [6, 6.07) is 0. The molecule has 5 nitrogen and oxygen atoms in total. The Kier molecular flexibility index (Phi) is 8.22. The van der Waals surface area contributed by atoms with Crippen molar-refractivity contribution in [1.29, 1.82) is 0 Å². The number of carbonyl (C=O) groups excluding carboxylic acids is 1. The van der Waals surface area contributed by atoms with Gasteiger partial charge >= 0.3 is 5.97 Å². The van der Waals surface area contributed by atoms with Gasteiger partial charge in [0, 0.05) is 26.2 Å². The molecular weight excluding hydrogens is 242 g/mol. The molecule has 0 aliphatic rings. The average Bonchev–Trinajstić information content (AvgIpc) is 2.33. The third-order valence-corrected chi connectivity index (χ3v) is 3.21. The van der Waals surface area contributed by atoms with Gasteiger partial charge in [0.25, 0.3) is 0 Å². The number of nitrogens with one attached hydrogen (secondary N) is 1. The van der Waals surface area contributed by atoms with Gasteiger partial charge in [0.1, 0.15) is 5.54 Å². The van der Waals surface area contributed by atoms with Gasteiger partial charge < -0.3 is 15.0 Å². The number of methoxy groups -OCH3 is 1. The first-order valence-electron chi connectivity index (χ1n) is 6.89. The molecule has 0 radical (unpaired) electrons. The van der Waals surface area contributed by atoms with Crippen LogP contribution in [0.25, 0.3) is 0 Å². The largest absolute Gasteiger partial charge is 0.468 e. The van der Waals surface area contributed by atoms with Gasteiger partial charge in [-0.15, -0.1) is 0 Å². The summed E-state index contributed by atoms with van der Waals surface area (Å²) in [7, 11) is 7.36. The molecule has 0 spiro atoms. The van der Waals surface area contributed by atoms with Crippen LogP contribution in [0.3, 0.4) is 0 Å². The predicted octanol–water partition coefficient (Wildman–Crippen LogP) is 0.657. The Labute approximate surface area is 118 Å². The number of hydrogen-bond acceptors (Lipinski definition) is 5. The molecule has 1 unspecified atom stereocenters. The van der Waals surface area contributed by atoms with Gasteiger partial charge in [-0.2, -0.15) is 0 Å². The summed E-state index contributed by atoms with van der Waals surface area (Å²) >= 11 is 0. The van der Waals surface area contributed by atoms with Crippen LogP contribution in [0.5, 0.6) is 0 Å². The van der Waals surface area contributed by atoms with Crippen molar-refractivity contribution in [2.24, 2.45) is 5.92 Å². The van der Waals surface area contributed by atoms with E-state index in [0.29, 0.717) is 12.5 Å². The van der Waals surface area contributed by atoms with Crippen molar-refractivity contribution in [3.63, 3.8) is 0 Å². The van der Waals surface area contributed by atoms with Crippen molar-refractivity contribution in [3.05, 3.63) is 0 Å². The van der Waals surface area contributed by atoms with E-state index in [4.69, 9.17) is 4.74 Å². The second-order valence-electron chi connectivity index (χ2n) is 6.01. The quantitative estimate of drug-likeness (QED) is 0.625. The number of carbonyl (C=O) groups is 1. The van der Waals surface area contributed by atoms with Crippen LogP contribution in [-0.4, -0.2) is 75.7 Å². The fraction of sp³-hybridized carbons (Fsp3) is 0.929. The minimum Gasteiger partial charge on any atom is -0.468 e. The molecule has 0 fully saturated rings. The number of ether oxygens (including phenoxy) is 1. The summed E-state index contributed by atoms with van der Waals surface area (Å²) in [5, 5.41) is 3.09. The van der Waals surface area contributed by atoms with E-state index in [-0.39, 0.29) is 5.97 Å². The lowest BCUT2D eigenvalue weighted by molar-refractivity contribution is -0.148. The maximum atomic E-state index is 11.9. The molecule has 0 amide bonds. The molecule has 0 aliphatic carbocycles. The lowest BCUT2D eigenvalue weighted by Gasteiger charge is -2.34. The highest BCUT2D eigenvalue weighted by atomic mass is 16.5. The van der Waals surface area contributed by atoms with Crippen molar-refractivity contribution < 1.29 is 9.53 Å². The van der Waals surface area contributed by atoms with E-state index in [1.54, 1.807) is 7.05 Å². The highest BCUT2D eigenvalue weighted by Crippen LogP contribution is 2.10. The summed E-state index contributed by atoms with van der Waals surface area (Å²) in [6.07, 6.45) is 0. The molecule has 0 bridgehead atoms. The van der Waals surface area contributed by atoms with Crippen LogP contribution in [-0.2, 0) is 9.53 Å². The minimum atomic E-state index is -0.657. The summed E-state index contributed by atoms with van der Waals surface area (Å²) < 4.78 is 4.90. The monoisotopic (exact) mass is 273 g/mol. The molecule has 5 heteroatoms. The molecule has 0 aromatic heterocycles. The Hall–Kier alpha value is -0.650. The third kappa shape index (κ3) is 6.89. The van der Waals surface area contributed by atoms with E-state index < -0.39 is 5.54 Å². The second kappa shape index (κ2) is 8.51. The number of nitrogens with zero attached hydrogens (tertiary/aromatic N) is 2. The Balaban J connectivity index is 4.70. The number of likely N-dealkylation sites (N-methyl/N-ethyl adjacent to an activating group) is 2. The number of hydrogen-bond donors (Lipinski definition) is 1. The van der Waals surface area contributed by atoms with E-state index >= 15 is 0 Å². The Morgan fingerprint density at radius 2 is 1.89 bits per heavy atom. The Morgan fingerprint density at radius 3 is 2.26 bits per heavy atom. The molecule has 0 saturated heterocycles. The molecule has 0 rings (SSSR count). The fourth-order valence-corrected chi connectivity index (χ4v) is 2.01. The van der Waals surface area contributed by atoms with Crippen LogP contribution >= 0.6 is 0 Å². The molecule has 0 aromatic carbocycles. The zero-order valence-corrected chi connectivity index (χ0v) is 13.6. The van der Waals surface area contributed by atoms with Crippen LogP contribution in [0.1, 0.15) is 20.8 Å². The standard InChI is InChI=1S/C14H31N3O2/c1-12(2)10-17(9-8-16(5)6)11-14(3,15-4)13(18)19-7/h12,15H,8-11H2,1-7H3. The van der Waals surface area contributed by atoms with Gasteiger partial charge in [-0.3, -0.25) is 9.69 Å². The Bertz CT molecular complexity index is 269. The normalized spacial score (nSPS) is 15.1. The summed E-state index contributed by atoms with van der Waals surface area (Å²) in [5.41, 5.74) is -0.657. The van der Waals surface area contributed by atoms with Gasteiger partial charge in [-0.05, 0) is 34.0 Å². The van der Waals surface area contributed by atoms with Crippen molar-refractivity contribution >= 4 is 5.97 Å². The molecule has 0 aromatic rings. The molecular formula is C14H31N3O2. The third-order valence-electron chi connectivity index (χ3n) is 3.21. The molecule has 0 aliphatic heterocycles. The van der Waals surface area contributed by atoms with Gasteiger partial charge in [-0.1, -0.05) is 13.8 Å². The molecule has 0 saturated carbocycles. The zero-order chi connectivity index (χ0) is 15.1. The molecule has 19 heavy (non-hydrogen) atoms. The van der Waals surface area contributed by atoms with Gasteiger partial charge in [-0.25, -0.2) is 0 Å². The van der Waals surface area contributed by atoms with Crippen LogP contribution in [0.4, 0.5) is 0 Å². The van der Waals surface area contributed by atoms with Crippen molar-refractivity contribution in [3.8, 4) is 0 Å². The Morgan fingerprint density at radius 1 is 1.32 bits per heavy atom. The van der Waals surface area contributed by atoms with Crippen molar-refractivity contribution in [2.75, 3.05) is 54.4 Å². The van der Waals surface area contributed by atoms with Gasteiger partial charge in [0.05, 0.1) is 7.11 Å².